The molecule has 2 rings (SSSR count). The van der Waals surface area contributed by atoms with Crippen LogP contribution in [-0.2, 0) is 12.8 Å². The normalized spacial score (nSPS) is 19.5. The highest BCUT2D eigenvalue weighted by Crippen LogP contribution is 2.17. The number of aliphatic hydroxyl groups is 1. The first kappa shape index (κ1) is 14.5. The molecule has 1 aromatic rings. The van der Waals surface area contributed by atoms with Gasteiger partial charge in [-0.05, 0) is 50.3 Å². The van der Waals surface area contributed by atoms with Gasteiger partial charge >= 0.3 is 0 Å². The van der Waals surface area contributed by atoms with Gasteiger partial charge in [0.2, 0.25) is 0 Å². The monoisotopic (exact) mass is 262 g/mol. The van der Waals surface area contributed by atoms with Crippen LogP contribution in [0.25, 0.3) is 0 Å². The molecule has 1 atom stereocenters. The fourth-order valence-electron chi connectivity index (χ4n) is 2.72. The first-order valence-electron chi connectivity index (χ1n) is 7.32. The quantitative estimate of drug-likeness (QED) is 0.847. The zero-order valence-electron chi connectivity index (χ0n) is 11.9. The number of hydrogen-bond donors (Lipinski definition) is 2. The highest BCUT2D eigenvalue weighted by molar-refractivity contribution is 5.28. The summed E-state index contributed by atoms with van der Waals surface area (Å²) < 4.78 is 0. The average molecular weight is 262 g/mol. The lowest BCUT2D eigenvalue weighted by Crippen LogP contribution is -2.35. The van der Waals surface area contributed by atoms with Crippen molar-refractivity contribution in [2.24, 2.45) is 5.73 Å². The van der Waals surface area contributed by atoms with E-state index in [4.69, 9.17) is 5.73 Å². The van der Waals surface area contributed by atoms with Gasteiger partial charge in [0.15, 0.2) is 0 Å². The van der Waals surface area contributed by atoms with Crippen LogP contribution in [0.1, 0.15) is 30.9 Å². The third kappa shape index (κ3) is 4.30. The van der Waals surface area contributed by atoms with E-state index in [1.54, 1.807) is 0 Å². The fraction of sp³-hybridized carbons (Fsp3) is 0.625. The highest BCUT2D eigenvalue weighted by atomic mass is 16.3. The lowest BCUT2D eigenvalue weighted by atomic mass is 10.0. The third-order valence-electron chi connectivity index (χ3n) is 4.14. The molecule has 3 nitrogen and oxygen atoms in total. The van der Waals surface area contributed by atoms with Crippen LogP contribution in [0, 0.1) is 0 Å². The van der Waals surface area contributed by atoms with Gasteiger partial charge in [-0.25, -0.2) is 0 Å². The van der Waals surface area contributed by atoms with Gasteiger partial charge < -0.3 is 15.7 Å². The van der Waals surface area contributed by atoms with Crippen molar-refractivity contribution in [2.75, 3.05) is 26.2 Å². The third-order valence-corrected chi connectivity index (χ3v) is 4.14. The predicted molar refractivity (Wildman–Crippen MR) is 79.2 cm³/mol. The summed E-state index contributed by atoms with van der Waals surface area (Å²) in [6.45, 7) is 5.48. The summed E-state index contributed by atoms with van der Waals surface area (Å²) >= 11 is 0. The number of hydrogen-bond acceptors (Lipinski definition) is 3. The Balaban J connectivity index is 1.79. The molecule has 1 aliphatic heterocycles. The van der Waals surface area contributed by atoms with Crippen molar-refractivity contribution in [2.45, 2.75) is 38.2 Å². The van der Waals surface area contributed by atoms with Crippen molar-refractivity contribution in [1.29, 1.82) is 0 Å². The average Bonchev–Trinajstić information content (AvgIpc) is 2.62. The number of nitrogens with zero attached hydrogens (tertiary/aromatic N) is 1. The van der Waals surface area contributed by atoms with E-state index in [2.05, 4.69) is 29.2 Å². The van der Waals surface area contributed by atoms with Gasteiger partial charge in [-0.3, -0.25) is 0 Å². The number of benzene rings is 1. The Bertz CT molecular complexity index is 376. The van der Waals surface area contributed by atoms with Gasteiger partial charge in [0.05, 0.1) is 5.60 Å². The Labute approximate surface area is 116 Å². The van der Waals surface area contributed by atoms with Crippen molar-refractivity contribution < 1.29 is 5.11 Å². The standard InChI is InChI=1S/C16H26N2O/c1-16(19,13-17)9-4-10-18-11-7-14-5-2-3-6-15(14)8-12-18/h2-3,5-6,19H,4,7-13,17H2,1H3. The minimum absolute atomic E-state index is 0.346. The van der Waals surface area contributed by atoms with Gasteiger partial charge in [0.1, 0.15) is 0 Å². The largest absolute Gasteiger partial charge is 0.389 e. The first-order chi connectivity index (χ1) is 9.11. The van der Waals surface area contributed by atoms with Crippen LogP contribution < -0.4 is 5.73 Å². The molecule has 0 amide bonds. The maximum atomic E-state index is 9.91. The molecule has 1 heterocycles. The van der Waals surface area contributed by atoms with Crippen LogP contribution in [0.4, 0.5) is 0 Å². The zero-order valence-corrected chi connectivity index (χ0v) is 11.9. The Morgan fingerprint density at radius 2 is 1.79 bits per heavy atom. The molecule has 106 valence electrons. The molecular weight excluding hydrogens is 236 g/mol. The van der Waals surface area contributed by atoms with E-state index in [1.165, 1.54) is 11.1 Å². The van der Waals surface area contributed by atoms with Gasteiger partial charge in [0.25, 0.3) is 0 Å². The molecule has 0 spiro atoms. The SMILES string of the molecule is CC(O)(CN)CCCN1CCc2ccccc2CC1. The molecule has 0 fully saturated rings. The van der Waals surface area contributed by atoms with Crippen LogP contribution in [0.3, 0.4) is 0 Å². The Kier molecular flexibility index (Phi) is 4.97. The molecule has 1 aliphatic rings. The summed E-state index contributed by atoms with van der Waals surface area (Å²) in [4.78, 5) is 2.51. The molecule has 0 radical (unpaired) electrons. The minimum Gasteiger partial charge on any atom is -0.389 e. The van der Waals surface area contributed by atoms with E-state index in [-0.39, 0.29) is 0 Å². The predicted octanol–water partition coefficient (Wildman–Crippen LogP) is 1.58. The van der Waals surface area contributed by atoms with Crippen LogP contribution in [-0.4, -0.2) is 41.8 Å². The van der Waals surface area contributed by atoms with Crippen molar-refractivity contribution in [1.82, 2.24) is 4.90 Å². The highest BCUT2D eigenvalue weighted by Gasteiger charge is 2.18. The molecule has 0 aliphatic carbocycles. The summed E-state index contributed by atoms with van der Waals surface area (Å²) in [7, 11) is 0. The molecule has 0 saturated heterocycles. The zero-order chi connectivity index (χ0) is 13.7. The molecule has 3 N–H and O–H groups in total. The summed E-state index contributed by atoms with van der Waals surface area (Å²) in [6, 6.07) is 8.76. The topological polar surface area (TPSA) is 49.5 Å². The second-order valence-electron chi connectivity index (χ2n) is 5.91. The van der Waals surface area contributed by atoms with Crippen LogP contribution in [0.15, 0.2) is 24.3 Å². The van der Waals surface area contributed by atoms with Gasteiger partial charge in [-0.15, -0.1) is 0 Å². The van der Waals surface area contributed by atoms with Crippen LogP contribution >= 0.6 is 0 Å². The summed E-state index contributed by atoms with van der Waals surface area (Å²) in [5.74, 6) is 0. The van der Waals surface area contributed by atoms with E-state index in [9.17, 15) is 5.11 Å². The van der Waals surface area contributed by atoms with E-state index >= 15 is 0 Å². The van der Waals surface area contributed by atoms with Crippen molar-refractivity contribution >= 4 is 0 Å². The number of fused-ring (bicyclic) bond motifs is 1. The van der Waals surface area contributed by atoms with Crippen molar-refractivity contribution in [3.05, 3.63) is 35.4 Å². The molecular formula is C16H26N2O. The van der Waals surface area contributed by atoms with E-state index in [0.717, 1.165) is 45.3 Å². The molecule has 1 aromatic carbocycles. The van der Waals surface area contributed by atoms with Gasteiger partial charge in [0, 0.05) is 19.6 Å². The molecule has 3 heteroatoms. The lowest BCUT2D eigenvalue weighted by Gasteiger charge is -2.24. The molecule has 0 saturated carbocycles. The van der Waals surface area contributed by atoms with Crippen molar-refractivity contribution in [3.8, 4) is 0 Å². The van der Waals surface area contributed by atoms with E-state index in [1.807, 2.05) is 6.92 Å². The summed E-state index contributed by atoms with van der Waals surface area (Å²) in [5, 5.41) is 9.91. The summed E-state index contributed by atoms with van der Waals surface area (Å²) in [6.07, 6.45) is 4.08. The molecule has 1 unspecified atom stereocenters. The summed E-state index contributed by atoms with van der Waals surface area (Å²) in [5.41, 5.74) is 7.84. The van der Waals surface area contributed by atoms with Crippen LogP contribution in [0.5, 0.6) is 0 Å². The Morgan fingerprint density at radius 3 is 2.32 bits per heavy atom. The minimum atomic E-state index is -0.700. The Morgan fingerprint density at radius 1 is 1.21 bits per heavy atom. The fourth-order valence-corrected chi connectivity index (χ4v) is 2.72. The maximum Gasteiger partial charge on any atom is 0.0741 e. The smallest absolute Gasteiger partial charge is 0.0741 e. The van der Waals surface area contributed by atoms with E-state index < -0.39 is 5.60 Å². The number of rotatable bonds is 5. The van der Waals surface area contributed by atoms with Gasteiger partial charge in [-0.1, -0.05) is 24.3 Å². The second kappa shape index (κ2) is 6.51. The first-order valence-corrected chi connectivity index (χ1v) is 7.32. The maximum absolute atomic E-state index is 9.91. The molecule has 19 heavy (non-hydrogen) atoms. The number of nitrogens with two attached hydrogens (primary N) is 1. The van der Waals surface area contributed by atoms with Crippen molar-refractivity contribution in [3.63, 3.8) is 0 Å². The molecule has 0 bridgehead atoms. The lowest BCUT2D eigenvalue weighted by molar-refractivity contribution is 0.0545. The van der Waals surface area contributed by atoms with Crippen LogP contribution in [0.2, 0.25) is 0 Å². The Hall–Kier alpha value is -0.900. The van der Waals surface area contributed by atoms with E-state index in [0.29, 0.717) is 6.54 Å². The molecule has 0 aromatic heterocycles. The second-order valence-corrected chi connectivity index (χ2v) is 5.91. The van der Waals surface area contributed by atoms with Gasteiger partial charge in [-0.2, -0.15) is 0 Å².